The number of benzene rings is 1. The Bertz CT molecular complexity index is 845. The van der Waals surface area contributed by atoms with E-state index in [2.05, 4.69) is 49.0 Å². The molecule has 1 aromatic heterocycles. The van der Waals surface area contributed by atoms with Crippen LogP contribution in [0.5, 0.6) is 0 Å². The zero-order valence-electron chi connectivity index (χ0n) is 17.6. The Morgan fingerprint density at radius 3 is 2.93 bits per heavy atom. The fraction of sp³-hybridized carbons (Fsp3) is 0.500. The number of hydrogen-bond donors (Lipinski definition) is 1. The highest BCUT2D eigenvalue weighted by Crippen LogP contribution is 2.18. The average Bonchev–Trinajstić information content (AvgIpc) is 3.13. The number of aromatic nitrogens is 2. The quantitative estimate of drug-likeness (QED) is 0.461. The molecule has 0 radical (unpaired) electrons. The Labute approximate surface area is 172 Å². The van der Waals surface area contributed by atoms with Crippen molar-refractivity contribution in [1.29, 1.82) is 0 Å². The summed E-state index contributed by atoms with van der Waals surface area (Å²) in [5.74, 6) is 1.66. The fourth-order valence-electron chi connectivity index (χ4n) is 3.74. The van der Waals surface area contributed by atoms with Crippen LogP contribution < -0.4 is 5.32 Å². The molecule has 0 saturated carbocycles. The van der Waals surface area contributed by atoms with Gasteiger partial charge in [-0.1, -0.05) is 24.3 Å². The number of hydrogen-bond acceptors (Lipinski definition) is 4. The molecule has 1 aliphatic heterocycles. The summed E-state index contributed by atoms with van der Waals surface area (Å²) < 4.78 is 7.34. The molecule has 2 heterocycles. The number of ether oxygens (including phenoxy) is 1. The Hall–Kier alpha value is -2.83. The molecular formula is C22H31N5O2. The van der Waals surface area contributed by atoms with Gasteiger partial charge >= 0.3 is 5.97 Å². The van der Waals surface area contributed by atoms with E-state index in [0.717, 1.165) is 37.7 Å². The summed E-state index contributed by atoms with van der Waals surface area (Å²) >= 11 is 0. The highest BCUT2D eigenvalue weighted by Gasteiger charge is 2.28. The summed E-state index contributed by atoms with van der Waals surface area (Å²) in [6, 6.07) is 8.53. The number of carbonyl (C=O) groups is 1. The summed E-state index contributed by atoms with van der Waals surface area (Å²) in [5.41, 5.74) is 2.43. The Balaban J connectivity index is 1.58. The van der Waals surface area contributed by atoms with Gasteiger partial charge in [0.25, 0.3) is 0 Å². The Kier molecular flexibility index (Phi) is 7.27. The SMILES string of the molecule is CCOC(=O)C1CCCN(C(=NC)NCc2cccc(Cn3ccnc3C)c2)C1. The van der Waals surface area contributed by atoms with E-state index in [1.54, 1.807) is 7.05 Å². The smallest absolute Gasteiger partial charge is 0.310 e. The van der Waals surface area contributed by atoms with Gasteiger partial charge < -0.3 is 19.5 Å². The van der Waals surface area contributed by atoms with Crippen LogP contribution in [0, 0.1) is 12.8 Å². The lowest BCUT2D eigenvalue weighted by Crippen LogP contribution is -2.48. The number of likely N-dealkylation sites (tertiary alicyclic amines) is 1. The van der Waals surface area contributed by atoms with Crippen molar-refractivity contribution >= 4 is 11.9 Å². The molecular weight excluding hydrogens is 366 g/mol. The maximum absolute atomic E-state index is 12.1. The van der Waals surface area contributed by atoms with Crippen LogP contribution in [-0.4, -0.2) is 53.1 Å². The molecule has 0 spiro atoms. The van der Waals surface area contributed by atoms with Crippen LogP contribution in [0.1, 0.15) is 36.7 Å². The van der Waals surface area contributed by atoms with Crippen molar-refractivity contribution in [2.24, 2.45) is 10.9 Å². The number of guanidine groups is 1. The summed E-state index contributed by atoms with van der Waals surface area (Å²) in [6.45, 7) is 7.33. The van der Waals surface area contributed by atoms with Gasteiger partial charge in [-0.3, -0.25) is 9.79 Å². The second-order valence-electron chi connectivity index (χ2n) is 7.36. The molecule has 29 heavy (non-hydrogen) atoms. The molecule has 0 bridgehead atoms. The van der Waals surface area contributed by atoms with Crippen LogP contribution in [0.15, 0.2) is 41.7 Å². The fourth-order valence-corrected chi connectivity index (χ4v) is 3.74. The van der Waals surface area contributed by atoms with Crippen molar-refractivity contribution in [2.75, 3.05) is 26.7 Å². The number of aliphatic imine (C=N–C) groups is 1. The molecule has 1 fully saturated rings. The summed E-state index contributed by atoms with van der Waals surface area (Å²) in [5, 5.41) is 3.45. The van der Waals surface area contributed by atoms with E-state index in [0.29, 0.717) is 19.7 Å². The maximum atomic E-state index is 12.1. The molecule has 7 heteroatoms. The van der Waals surface area contributed by atoms with Crippen LogP contribution in [-0.2, 0) is 22.6 Å². The molecule has 1 saturated heterocycles. The first kappa shape index (κ1) is 20.9. The zero-order valence-corrected chi connectivity index (χ0v) is 17.6. The van der Waals surface area contributed by atoms with Crippen molar-refractivity contribution in [1.82, 2.24) is 19.8 Å². The molecule has 0 amide bonds. The summed E-state index contributed by atoms with van der Waals surface area (Å²) in [6.07, 6.45) is 5.66. The van der Waals surface area contributed by atoms with Gasteiger partial charge in [-0.15, -0.1) is 0 Å². The van der Waals surface area contributed by atoms with Crippen molar-refractivity contribution in [2.45, 2.75) is 39.8 Å². The largest absolute Gasteiger partial charge is 0.466 e. The summed E-state index contributed by atoms with van der Waals surface area (Å²) in [4.78, 5) is 23.0. The van der Waals surface area contributed by atoms with Crippen LogP contribution in [0.3, 0.4) is 0 Å². The third-order valence-corrected chi connectivity index (χ3v) is 5.27. The van der Waals surface area contributed by atoms with E-state index < -0.39 is 0 Å². The van der Waals surface area contributed by atoms with Crippen LogP contribution in [0.2, 0.25) is 0 Å². The minimum Gasteiger partial charge on any atom is -0.466 e. The van der Waals surface area contributed by atoms with Crippen LogP contribution >= 0.6 is 0 Å². The van der Waals surface area contributed by atoms with Crippen molar-refractivity contribution < 1.29 is 9.53 Å². The van der Waals surface area contributed by atoms with Gasteiger partial charge in [0, 0.05) is 45.6 Å². The van der Waals surface area contributed by atoms with Gasteiger partial charge in [0.15, 0.2) is 5.96 Å². The number of piperidine rings is 1. The third kappa shape index (κ3) is 5.59. The van der Waals surface area contributed by atoms with Gasteiger partial charge in [-0.25, -0.2) is 4.98 Å². The predicted molar refractivity (Wildman–Crippen MR) is 114 cm³/mol. The highest BCUT2D eigenvalue weighted by molar-refractivity contribution is 5.81. The normalized spacial score (nSPS) is 17.3. The van der Waals surface area contributed by atoms with Crippen molar-refractivity contribution in [3.05, 3.63) is 53.6 Å². The molecule has 7 nitrogen and oxygen atoms in total. The Morgan fingerprint density at radius 2 is 2.21 bits per heavy atom. The first-order valence-electron chi connectivity index (χ1n) is 10.3. The number of esters is 1. The minimum atomic E-state index is -0.102. The van der Waals surface area contributed by atoms with E-state index in [1.165, 1.54) is 11.1 Å². The predicted octanol–water partition coefficient (Wildman–Crippen LogP) is 2.59. The topological polar surface area (TPSA) is 71.8 Å². The molecule has 1 atom stereocenters. The second kappa shape index (κ2) is 10.1. The van der Waals surface area contributed by atoms with E-state index in [4.69, 9.17) is 4.74 Å². The Morgan fingerprint density at radius 1 is 1.38 bits per heavy atom. The highest BCUT2D eigenvalue weighted by atomic mass is 16.5. The lowest BCUT2D eigenvalue weighted by atomic mass is 9.98. The number of nitrogens with one attached hydrogen (secondary N) is 1. The van der Waals surface area contributed by atoms with Crippen LogP contribution in [0.4, 0.5) is 0 Å². The van der Waals surface area contributed by atoms with E-state index in [-0.39, 0.29) is 11.9 Å². The number of nitrogens with zero attached hydrogens (tertiary/aromatic N) is 4. The molecule has 156 valence electrons. The number of rotatable bonds is 6. The van der Waals surface area contributed by atoms with Gasteiger partial charge in [0.05, 0.1) is 12.5 Å². The first-order valence-corrected chi connectivity index (χ1v) is 10.3. The molecule has 2 aromatic rings. The average molecular weight is 398 g/mol. The third-order valence-electron chi connectivity index (χ3n) is 5.27. The molecule has 3 rings (SSSR count). The number of aryl methyl sites for hydroxylation is 1. The zero-order chi connectivity index (χ0) is 20.6. The minimum absolute atomic E-state index is 0.0796. The van der Waals surface area contributed by atoms with Gasteiger partial charge in [-0.2, -0.15) is 0 Å². The van der Waals surface area contributed by atoms with Gasteiger partial charge in [-0.05, 0) is 37.8 Å². The lowest BCUT2D eigenvalue weighted by molar-refractivity contribution is -0.149. The second-order valence-corrected chi connectivity index (χ2v) is 7.36. The standard InChI is InChI=1S/C22H31N5O2/c1-4-29-21(28)20-9-6-11-27(16-20)22(23-3)25-14-18-7-5-8-19(13-18)15-26-12-10-24-17(26)2/h5,7-8,10,12-13,20H,4,6,9,11,14-16H2,1-3H3,(H,23,25). The molecule has 1 aromatic carbocycles. The summed E-state index contributed by atoms with van der Waals surface area (Å²) in [7, 11) is 1.79. The molecule has 1 aliphatic rings. The maximum Gasteiger partial charge on any atom is 0.310 e. The number of imidazole rings is 1. The van der Waals surface area contributed by atoms with Crippen molar-refractivity contribution in [3.8, 4) is 0 Å². The van der Waals surface area contributed by atoms with Crippen molar-refractivity contribution in [3.63, 3.8) is 0 Å². The number of carbonyl (C=O) groups excluding carboxylic acids is 1. The molecule has 1 unspecified atom stereocenters. The van der Waals surface area contributed by atoms with Gasteiger partial charge in [0.1, 0.15) is 5.82 Å². The van der Waals surface area contributed by atoms with Gasteiger partial charge in [0.2, 0.25) is 0 Å². The van der Waals surface area contributed by atoms with E-state index >= 15 is 0 Å². The lowest BCUT2D eigenvalue weighted by Gasteiger charge is -2.34. The monoisotopic (exact) mass is 397 g/mol. The van der Waals surface area contributed by atoms with E-state index in [9.17, 15) is 4.79 Å². The first-order chi connectivity index (χ1) is 14.1. The molecule has 1 N–H and O–H groups in total. The molecule has 0 aliphatic carbocycles. The van der Waals surface area contributed by atoms with Crippen LogP contribution in [0.25, 0.3) is 0 Å². The van der Waals surface area contributed by atoms with E-state index in [1.807, 2.05) is 26.2 Å².